The van der Waals surface area contributed by atoms with E-state index in [1.54, 1.807) is 25.6 Å². The molecule has 0 spiro atoms. The minimum atomic E-state index is 0.277. The Hall–Kier alpha value is -1.75. The first-order valence-corrected chi connectivity index (χ1v) is 5.85. The Kier molecular flexibility index (Phi) is 3.49. The third kappa shape index (κ3) is 2.19. The van der Waals surface area contributed by atoms with Crippen LogP contribution in [-0.4, -0.2) is 20.7 Å². The van der Waals surface area contributed by atoms with Gasteiger partial charge in [0, 0.05) is 21.7 Å². The van der Waals surface area contributed by atoms with Gasteiger partial charge in [-0.2, -0.15) is 0 Å². The summed E-state index contributed by atoms with van der Waals surface area (Å²) in [6, 6.07) is 3.82. The molecule has 0 unspecified atom stereocenters. The van der Waals surface area contributed by atoms with Gasteiger partial charge in [0.15, 0.2) is 11.5 Å². The third-order valence-electron chi connectivity index (χ3n) is 2.47. The van der Waals surface area contributed by atoms with Gasteiger partial charge in [0.25, 0.3) is 6.47 Å². The first-order chi connectivity index (χ1) is 8.30. The molecule has 0 saturated carbocycles. The van der Waals surface area contributed by atoms with E-state index >= 15 is 0 Å². The SMILES string of the molecule is COc1cc2scc(COC=O)c2cc1OC. The molecule has 0 N–H and O–H groups in total. The third-order valence-corrected chi connectivity index (χ3v) is 3.46. The van der Waals surface area contributed by atoms with Crippen molar-refractivity contribution in [2.45, 2.75) is 6.61 Å². The fourth-order valence-electron chi connectivity index (χ4n) is 1.64. The van der Waals surface area contributed by atoms with Crippen molar-refractivity contribution in [2.75, 3.05) is 14.2 Å². The second-order valence-corrected chi connectivity index (χ2v) is 4.28. The van der Waals surface area contributed by atoms with Gasteiger partial charge in [0.05, 0.1) is 14.2 Å². The molecule has 1 aromatic heterocycles. The summed E-state index contributed by atoms with van der Waals surface area (Å²) in [7, 11) is 3.20. The molecule has 0 atom stereocenters. The second-order valence-electron chi connectivity index (χ2n) is 3.37. The maximum atomic E-state index is 10.2. The van der Waals surface area contributed by atoms with E-state index < -0.39 is 0 Å². The molecule has 90 valence electrons. The van der Waals surface area contributed by atoms with Crippen LogP contribution >= 0.6 is 11.3 Å². The summed E-state index contributed by atoms with van der Waals surface area (Å²) in [5.74, 6) is 1.37. The molecule has 4 nitrogen and oxygen atoms in total. The van der Waals surface area contributed by atoms with Crippen LogP contribution in [0.5, 0.6) is 11.5 Å². The van der Waals surface area contributed by atoms with E-state index in [-0.39, 0.29) is 6.61 Å². The van der Waals surface area contributed by atoms with Gasteiger partial charge in [-0.25, -0.2) is 0 Å². The number of hydrogen-bond donors (Lipinski definition) is 0. The zero-order valence-corrected chi connectivity index (χ0v) is 10.4. The van der Waals surface area contributed by atoms with Gasteiger partial charge >= 0.3 is 0 Å². The lowest BCUT2D eigenvalue weighted by atomic mass is 10.1. The predicted octanol–water partition coefficient (Wildman–Crippen LogP) is 2.59. The van der Waals surface area contributed by atoms with Crippen LogP contribution in [0.2, 0.25) is 0 Å². The predicted molar refractivity (Wildman–Crippen MR) is 65.8 cm³/mol. The highest BCUT2D eigenvalue weighted by Crippen LogP contribution is 2.36. The molecule has 5 heteroatoms. The van der Waals surface area contributed by atoms with Crippen molar-refractivity contribution in [2.24, 2.45) is 0 Å². The van der Waals surface area contributed by atoms with E-state index in [4.69, 9.17) is 14.2 Å². The van der Waals surface area contributed by atoms with E-state index in [1.165, 1.54) is 0 Å². The van der Waals surface area contributed by atoms with Gasteiger partial charge in [-0.15, -0.1) is 11.3 Å². The summed E-state index contributed by atoms with van der Waals surface area (Å²) < 4.78 is 16.3. The smallest absolute Gasteiger partial charge is 0.293 e. The van der Waals surface area contributed by atoms with Crippen LogP contribution in [0.25, 0.3) is 10.1 Å². The van der Waals surface area contributed by atoms with Crippen LogP contribution in [0.4, 0.5) is 0 Å². The Morgan fingerprint density at radius 3 is 2.59 bits per heavy atom. The summed E-state index contributed by atoms with van der Waals surface area (Å²) in [5.41, 5.74) is 0.970. The average Bonchev–Trinajstić information content (AvgIpc) is 2.76. The summed E-state index contributed by atoms with van der Waals surface area (Å²) in [6.07, 6.45) is 0. The molecule has 0 bridgehead atoms. The highest BCUT2D eigenvalue weighted by molar-refractivity contribution is 7.17. The van der Waals surface area contributed by atoms with Crippen LogP contribution in [-0.2, 0) is 16.1 Å². The van der Waals surface area contributed by atoms with Gasteiger partial charge in [0.1, 0.15) is 6.61 Å². The molecule has 0 aliphatic heterocycles. The summed E-state index contributed by atoms with van der Waals surface area (Å²) in [6.45, 7) is 0.725. The number of thiophene rings is 1. The van der Waals surface area contributed by atoms with Crippen LogP contribution < -0.4 is 9.47 Å². The van der Waals surface area contributed by atoms with Crippen LogP contribution in [0, 0.1) is 0 Å². The van der Waals surface area contributed by atoms with Crippen molar-refractivity contribution < 1.29 is 19.0 Å². The Morgan fingerprint density at radius 1 is 1.24 bits per heavy atom. The lowest BCUT2D eigenvalue weighted by Crippen LogP contribution is -1.91. The van der Waals surface area contributed by atoms with Crippen molar-refractivity contribution in [3.8, 4) is 11.5 Å². The zero-order chi connectivity index (χ0) is 12.3. The van der Waals surface area contributed by atoms with Crippen molar-refractivity contribution >= 4 is 27.9 Å². The molecule has 17 heavy (non-hydrogen) atoms. The number of ether oxygens (including phenoxy) is 3. The quantitative estimate of drug-likeness (QED) is 0.767. The maximum Gasteiger partial charge on any atom is 0.293 e. The van der Waals surface area contributed by atoms with Gasteiger partial charge in [0.2, 0.25) is 0 Å². The van der Waals surface area contributed by atoms with Gasteiger partial charge in [-0.05, 0) is 11.4 Å². The van der Waals surface area contributed by atoms with Gasteiger partial charge < -0.3 is 14.2 Å². The highest BCUT2D eigenvalue weighted by atomic mass is 32.1. The molecular weight excluding hydrogens is 240 g/mol. The second kappa shape index (κ2) is 5.05. The molecular formula is C12H12O4S. The minimum Gasteiger partial charge on any atom is -0.493 e. The van der Waals surface area contributed by atoms with E-state index in [9.17, 15) is 4.79 Å². The number of carbonyl (C=O) groups excluding carboxylic acids is 1. The first kappa shape index (κ1) is 11.7. The molecule has 0 fully saturated rings. The Morgan fingerprint density at radius 2 is 1.94 bits per heavy atom. The Balaban J connectivity index is 2.48. The number of methoxy groups -OCH3 is 2. The maximum absolute atomic E-state index is 10.2. The van der Waals surface area contributed by atoms with Gasteiger partial charge in [-0.1, -0.05) is 0 Å². The summed E-state index contributed by atoms with van der Waals surface area (Å²) >= 11 is 1.58. The lowest BCUT2D eigenvalue weighted by Gasteiger charge is -2.07. The molecule has 2 rings (SSSR count). The van der Waals surface area contributed by atoms with Gasteiger partial charge in [-0.3, -0.25) is 4.79 Å². The van der Waals surface area contributed by atoms with E-state index in [1.807, 2.05) is 17.5 Å². The van der Waals surface area contributed by atoms with E-state index in [0.29, 0.717) is 18.0 Å². The number of carbonyl (C=O) groups is 1. The van der Waals surface area contributed by atoms with Crippen LogP contribution in [0.1, 0.15) is 5.56 Å². The first-order valence-electron chi connectivity index (χ1n) is 4.97. The molecule has 0 aliphatic carbocycles. The minimum absolute atomic E-state index is 0.277. The molecule has 0 amide bonds. The highest BCUT2D eigenvalue weighted by Gasteiger charge is 2.10. The average molecular weight is 252 g/mol. The number of rotatable bonds is 5. The molecule has 2 aromatic rings. The van der Waals surface area contributed by atoms with Crippen molar-refractivity contribution in [3.63, 3.8) is 0 Å². The Labute approximate surface area is 103 Å². The zero-order valence-electron chi connectivity index (χ0n) is 9.56. The molecule has 0 aliphatic rings. The molecule has 0 radical (unpaired) electrons. The fraction of sp³-hybridized carbons (Fsp3) is 0.250. The lowest BCUT2D eigenvalue weighted by molar-refractivity contribution is -0.129. The van der Waals surface area contributed by atoms with Crippen LogP contribution in [0.3, 0.4) is 0 Å². The number of hydrogen-bond acceptors (Lipinski definition) is 5. The van der Waals surface area contributed by atoms with E-state index in [2.05, 4.69) is 0 Å². The standard InChI is InChI=1S/C12H12O4S/c1-14-10-3-9-8(5-16-7-13)6-17-12(9)4-11(10)15-2/h3-4,6-7H,5H2,1-2H3. The normalized spacial score (nSPS) is 10.2. The summed E-state index contributed by atoms with van der Waals surface area (Å²) in [4.78, 5) is 10.2. The van der Waals surface area contributed by atoms with E-state index in [0.717, 1.165) is 15.6 Å². The molecule has 1 aromatic carbocycles. The fourth-order valence-corrected chi connectivity index (χ4v) is 2.60. The monoisotopic (exact) mass is 252 g/mol. The topological polar surface area (TPSA) is 44.8 Å². The van der Waals surface area contributed by atoms with Crippen molar-refractivity contribution in [1.82, 2.24) is 0 Å². The number of benzene rings is 1. The summed E-state index contributed by atoms with van der Waals surface area (Å²) in [5, 5.41) is 2.99. The Bertz CT molecular complexity index is 533. The molecule has 1 heterocycles. The largest absolute Gasteiger partial charge is 0.493 e. The van der Waals surface area contributed by atoms with Crippen LogP contribution in [0.15, 0.2) is 17.5 Å². The van der Waals surface area contributed by atoms with Crippen molar-refractivity contribution in [3.05, 3.63) is 23.1 Å². The molecule has 0 saturated heterocycles. The number of fused-ring (bicyclic) bond motifs is 1. The van der Waals surface area contributed by atoms with Crippen molar-refractivity contribution in [1.29, 1.82) is 0 Å².